The van der Waals surface area contributed by atoms with Crippen molar-refractivity contribution in [3.05, 3.63) is 29.8 Å². The fourth-order valence-electron chi connectivity index (χ4n) is 2.01. The van der Waals surface area contributed by atoms with Crippen LogP contribution in [-0.2, 0) is 11.3 Å². The molecule has 0 saturated carbocycles. The van der Waals surface area contributed by atoms with Crippen molar-refractivity contribution in [1.29, 1.82) is 0 Å². The summed E-state index contributed by atoms with van der Waals surface area (Å²) in [4.78, 5) is 6.34. The number of guanidine groups is 1. The Kier molecular flexibility index (Phi) is 12.7. The van der Waals surface area contributed by atoms with Crippen molar-refractivity contribution in [3.8, 4) is 0 Å². The smallest absolute Gasteiger partial charge is 0.191 e. The van der Waals surface area contributed by atoms with E-state index in [4.69, 9.17) is 4.74 Å². The zero-order valence-corrected chi connectivity index (χ0v) is 18.0. The molecule has 0 spiro atoms. The average Bonchev–Trinajstić information content (AvgIpc) is 2.53. The number of nitrogens with zero attached hydrogens (tertiary/aromatic N) is 2. The Morgan fingerprint density at radius 3 is 2.58 bits per heavy atom. The van der Waals surface area contributed by atoms with Gasteiger partial charge in [0.25, 0.3) is 0 Å². The molecular formula is C18H33IN4O. The van der Waals surface area contributed by atoms with Gasteiger partial charge in [0, 0.05) is 46.5 Å². The van der Waals surface area contributed by atoms with Gasteiger partial charge in [0.1, 0.15) is 0 Å². The lowest BCUT2D eigenvalue weighted by Gasteiger charge is -2.15. The van der Waals surface area contributed by atoms with Crippen LogP contribution in [0, 0.1) is 5.92 Å². The quantitative estimate of drug-likeness (QED) is 0.264. The molecule has 0 saturated heterocycles. The molecule has 0 aliphatic heterocycles. The third-order valence-corrected chi connectivity index (χ3v) is 3.49. The van der Waals surface area contributed by atoms with Crippen LogP contribution in [0.3, 0.4) is 0 Å². The molecule has 0 aromatic heterocycles. The number of rotatable bonds is 9. The van der Waals surface area contributed by atoms with E-state index in [2.05, 4.69) is 58.6 Å². The fraction of sp³-hybridized carbons (Fsp3) is 0.611. The van der Waals surface area contributed by atoms with Gasteiger partial charge in [-0.1, -0.05) is 26.0 Å². The second-order valence-corrected chi connectivity index (χ2v) is 6.21. The molecule has 0 unspecified atom stereocenters. The molecule has 1 aromatic carbocycles. The molecule has 0 bridgehead atoms. The highest BCUT2D eigenvalue weighted by Crippen LogP contribution is 2.12. The Hall–Kier alpha value is -1.02. The molecule has 1 rings (SSSR count). The Bertz CT molecular complexity index is 478. The molecule has 6 heteroatoms. The fourth-order valence-corrected chi connectivity index (χ4v) is 2.01. The molecule has 138 valence electrons. The van der Waals surface area contributed by atoms with Gasteiger partial charge in [0.2, 0.25) is 0 Å². The third kappa shape index (κ3) is 9.97. The van der Waals surface area contributed by atoms with Crippen LogP contribution in [0.25, 0.3) is 0 Å². The highest BCUT2D eigenvalue weighted by Gasteiger charge is 2.01. The minimum atomic E-state index is 0. The number of ether oxygens (including phenoxy) is 1. The van der Waals surface area contributed by atoms with E-state index < -0.39 is 0 Å². The first-order valence-corrected chi connectivity index (χ1v) is 8.31. The summed E-state index contributed by atoms with van der Waals surface area (Å²) >= 11 is 0. The van der Waals surface area contributed by atoms with Crippen LogP contribution in [-0.4, -0.2) is 46.9 Å². The molecule has 0 radical (unpaired) electrons. The van der Waals surface area contributed by atoms with Crippen LogP contribution in [0.2, 0.25) is 0 Å². The maximum absolute atomic E-state index is 5.59. The maximum Gasteiger partial charge on any atom is 0.191 e. The minimum absolute atomic E-state index is 0. The first-order chi connectivity index (χ1) is 11.0. The lowest BCUT2D eigenvalue weighted by atomic mass is 10.1. The molecule has 1 aromatic rings. The molecule has 0 fully saturated rings. The van der Waals surface area contributed by atoms with E-state index in [0.29, 0.717) is 12.5 Å². The van der Waals surface area contributed by atoms with E-state index in [-0.39, 0.29) is 24.0 Å². The highest BCUT2D eigenvalue weighted by molar-refractivity contribution is 14.0. The van der Waals surface area contributed by atoms with Crippen LogP contribution in [0.4, 0.5) is 5.69 Å². The van der Waals surface area contributed by atoms with Crippen molar-refractivity contribution in [2.75, 3.05) is 45.8 Å². The summed E-state index contributed by atoms with van der Waals surface area (Å²) in [6, 6.07) is 8.47. The van der Waals surface area contributed by atoms with Crippen molar-refractivity contribution in [2.24, 2.45) is 10.9 Å². The Labute approximate surface area is 164 Å². The largest absolute Gasteiger partial charge is 0.380 e. The molecule has 0 aliphatic carbocycles. The number of aliphatic imine (C=N–C) groups is 1. The molecule has 0 atom stereocenters. The topological polar surface area (TPSA) is 48.9 Å². The van der Waals surface area contributed by atoms with Crippen LogP contribution in [0.15, 0.2) is 29.3 Å². The molecule has 2 N–H and O–H groups in total. The summed E-state index contributed by atoms with van der Waals surface area (Å²) in [5, 5.41) is 6.59. The van der Waals surface area contributed by atoms with Crippen molar-refractivity contribution in [2.45, 2.75) is 26.8 Å². The lowest BCUT2D eigenvalue weighted by Crippen LogP contribution is -2.38. The molecule has 24 heavy (non-hydrogen) atoms. The van der Waals surface area contributed by atoms with Gasteiger partial charge >= 0.3 is 0 Å². The van der Waals surface area contributed by atoms with Crippen molar-refractivity contribution in [3.63, 3.8) is 0 Å². The van der Waals surface area contributed by atoms with Gasteiger partial charge in [0.15, 0.2) is 5.96 Å². The highest BCUT2D eigenvalue weighted by atomic mass is 127. The number of hydrogen-bond donors (Lipinski definition) is 2. The zero-order chi connectivity index (χ0) is 17.1. The number of nitrogens with one attached hydrogen (secondary N) is 2. The van der Waals surface area contributed by atoms with Gasteiger partial charge in [-0.05, 0) is 30.0 Å². The monoisotopic (exact) mass is 448 g/mol. The summed E-state index contributed by atoms with van der Waals surface area (Å²) in [5.74, 6) is 1.49. The summed E-state index contributed by atoms with van der Waals surface area (Å²) in [5.41, 5.74) is 2.43. The minimum Gasteiger partial charge on any atom is -0.380 e. The molecular weight excluding hydrogens is 415 g/mol. The molecule has 5 nitrogen and oxygen atoms in total. The number of benzene rings is 1. The molecule has 0 heterocycles. The number of halogens is 1. The predicted molar refractivity (Wildman–Crippen MR) is 115 cm³/mol. The summed E-state index contributed by atoms with van der Waals surface area (Å²) in [7, 11) is 5.88. The van der Waals surface area contributed by atoms with Gasteiger partial charge in [0.05, 0.1) is 6.61 Å². The van der Waals surface area contributed by atoms with Crippen LogP contribution < -0.4 is 15.5 Å². The predicted octanol–water partition coefficient (Wildman–Crippen LogP) is 3.10. The molecule has 0 aliphatic rings. The normalized spacial score (nSPS) is 11.2. The first-order valence-electron chi connectivity index (χ1n) is 8.31. The summed E-state index contributed by atoms with van der Waals surface area (Å²) in [6.07, 6.45) is 1.11. The number of hydrogen-bond acceptors (Lipinski definition) is 3. The summed E-state index contributed by atoms with van der Waals surface area (Å²) in [6.45, 7) is 7.44. The van der Waals surface area contributed by atoms with E-state index in [0.717, 1.165) is 32.1 Å². The summed E-state index contributed by atoms with van der Waals surface area (Å²) < 4.78 is 5.59. The van der Waals surface area contributed by atoms with Crippen molar-refractivity contribution >= 4 is 35.6 Å². The zero-order valence-electron chi connectivity index (χ0n) is 15.6. The average molecular weight is 448 g/mol. The van der Waals surface area contributed by atoms with Crippen LogP contribution in [0.1, 0.15) is 25.8 Å². The second kappa shape index (κ2) is 13.3. The van der Waals surface area contributed by atoms with Crippen molar-refractivity contribution < 1.29 is 4.74 Å². The maximum atomic E-state index is 5.59. The van der Waals surface area contributed by atoms with E-state index in [1.807, 2.05) is 14.1 Å². The van der Waals surface area contributed by atoms with Gasteiger partial charge in [-0.15, -0.1) is 24.0 Å². The Morgan fingerprint density at radius 1 is 1.21 bits per heavy atom. The second-order valence-electron chi connectivity index (χ2n) is 6.21. The van der Waals surface area contributed by atoms with E-state index in [1.54, 1.807) is 7.05 Å². The lowest BCUT2D eigenvalue weighted by molar-refractivity contribution is 0.128. The van der Waals surface area contributed by atoms with Crippen LogP contribution >= 0.6 is 24.0 Å². The van der Waals surface area contributed by atoms with Crippen LogP contribution in [0.5, 0.6) is 0 Å². The molecule has 0 amide bonds. The third-order valence-electron chi connectivity index (χ3n) is 3.49. The Balaban J connectivity index is 0.00000529. The van der Waals surface area contributed by atoms with Crippen molar-refractivity contribution in [1.82, 2.24) is 10.6 Å². The number of anilines is 1. The first kappa shape index (κ1) is 23.0. The van der Waals surface area contributed by atoms with Gasteiger partial charge in [-0.3, -0.25) is 4.99 Å². The van der Waals surface area contributed by atoms with Gasteiger partial charge in [-0.2, -0.15) is 0 Å². The van der Waals surface area contributed by atoms with E-state index in [1.165, 1.54) is 11.3 Å². The standard InChI is InChI=1S/C18H32N4O.HI/c1-15(2)9-11-23-12-10-20-18(19-3)21-14-16-7-6-8-17(13-16)22(4)5;/h6-8,13,15H,9-12,14H2,1-5H3,(H2,19,20,21);1H. The van der Waals surface area contributed by atoms with E-state index in [9.17, 15) is 0 Å². The van der Waals surface area contributed by atoms with E-state index >= 15 is 0 Å². The van der Waals surface area contributed by atoms with Gasteiger partial charge in [-0.25, -0.2) is 0 Å². The van der Waals surface area contributed by atoms with Gasteiger partial charge < -0.3 is 20.3 Å². The Morgan fingerprint density at radius 2 is 1.96 bits per heavy atom. The SMILES string of the molecule is CN=C(NCCOCCC(C)C)NCc1cccc(N(C)C)c1.I.